The number of aliphatic hydroxyl groups excluding tert-OH is 1. The number of carbonyl (C=O) groups is 3. The third-order valence-corrected chi connectivity index (χ3v) is 7.34. The molecule has 180 valence electrons. The number of hydrogen-bond acceptors (Lipinski definition) is 5. The highest BCUT2D eigenvalue weighted by Crippen LogP contribution is 2.46. The number of anilines is 1. The second-order valence-electron chi connectivity index (χ2n) is 8.92. The quantitative estimate of drug-likeness (QED) is 0.442. The molecule has 1 fully saturated rings. The molecule has 7 nitrogen and oxygen atoms in total. The van der Waals surface area contributed by atoms with E-state index in [0.717, 1.165) is 6.42 Å². The van der Waals surface area contributed by atoms with Crippen LogP contribution in [0.3, 0.4) is 0 Å². The van der Waals surface area contributed by atoms with Crippen LogP contribution in [0.5, 0.6) is 0 Å². The van der Waals surface area contributed by atoms with Gasteiger partial charge >= 0.3 is 5.97 Å². The summed E-state index contributed by atoms with van der Waals surface area (Å²) in [6.45, 7) is 7.46. The van der Waals surface area contributed by atoms with E-state index in [-0.39, 0.29) is 31.0 Å². The van der Waals surface area contributed by atoms with Crippen LogP contribution in [0, 0.1) is 29.6 Å². The van der Waals surface area contributed by atoms with E-state index < -0.39 is 41.7 Å². The van der Waals surface area contributed by atoms with Crippen LogP contribution in [-0.2, 0) is 19.1 Å². The predicted molar refractivity (Wildman–Crippen MR) is 126 cm³/mol. The topological polar surface area (TPSA) is 95.9 Å². The second kappa shape index (κ2) is 10.7. The van der Waals surface area contributed by atoms with Crippen LogP contribution in [0.1, 0.15) is 34.1 Å². The number of benzene rings is 1. The summed E-state index contributed by atoms with van der Waals surface area (Å²) < 4.78 is 5.30. The Bertz CT molecular complexity index is 920. The van der Waals surface area contributed by atoms with E-state index in [1.54, 1.807) is 31.2 Å². The molecule has 8 heteroatoms. The molecule has 3 rings (SSSR count). The van der Waals surface area contributed by atoms with E-state index in [2.05, 4.69) is 5.32 Å². The number of amides is 2. The molecule has 2 aliphatic rings. The van der Waals surface area contributed by atoms with Gasteiger partial charge < -0.3 is 20.1 Å². The second-order valence-corrected chi connectivity index (χ2v) is 9.33. The summed E-state index contributed by atoms with van der Waals surface area (Å²) in [5, 5.41) is 13.5. The van der Waals surface area contributed by atoms with Crippen LogP contribution in [0.2, 0.25) is 5.02 Å². The van der Waals surface area contributed by atoms with Gasteiger partial charge in [0.15, 0.2) is 0 Å². The highest BCUT2D eigenvalue weighted by Gasteiger charge is 2.58. The maximum Gasteiger partial charge on any atom is 0.310 e. The van der Waals surface area contributed by atoms with Crippen molar-refractivity contribution in [2.45, 2.75) is 46.2 Å². The van der Waals surface area contributed by atoms with E-state index in [0.29, 0.717) is 10.7 Å². The number of esters is 1. The van der Waals surface area contributed by atoms with Crippen molar-refractivity contribution in [3.63, 3.8) is 0 Å². The van der Waals surface area contributed by atoms with Crippen LogP contribution in [0.25, 0.3) is 0 Å². The highest BCUT2D eigenvalue weighted by molar-refractivity contribution is 6.33. The minimum absolute atomic E-state index is 0.0443. The molecule has 2 N–H and O–H groups in total. The molecule has 2 amide bonds. The monoisotopic (exact) mass is 476 g/mol. The zero-order chi connectivity index (χ0) is 24.3. The number of aliphatic hydroxyl groups is 1. The zero-order valence-electron chi connectivity index (χ0n) is 19.5. The van der Waals surface area contributed by atoms with Gasteiger partial charge in [0.05, 0.1) is 41.8 Å². The molecule has 0 saturated carbocycles. The Morgan fingerprint density at radius 3 is 2.55 bits per heavy atom. The van der Waals surface area contributed by atoms with Crippen molar-refractivity contribution in [3.8, 4) is 0 Å². The van der Waals surface area contributed by atoms with Crippen LogP contribution in [-0.4, -0.2) is 53.1 Å². The largest absolute Gasteiger partial charge is 0.466 e. The summed E-state index contributed by atoms with van der Waals surface area (Å²) in [4.78, 5) is 41.8. The third-order valence-electron chi connectivity index (χ3n) is 7.01. The normalized spacial score (nSPS) is 28.2. The van der Waals surface area contributed by atoms with Gasteiger partial charge in [0, 0.05) is 5.92 Å². The number of carbonyl (C=O) groups excluding carboxylic acids is 3. The van der Waals surface area contributed by atoms with Gasteiger partial charge in [-0.2, -0.15) is 0 Å². The Hall–Kier alpha value is -2.38. The van der Waals surface area contributed by atoms with Crippen molar-refractivity contribution in [1.82, 2.24) is 4.90 Å². The van der Waals surface area contributed by atoms with Gasteiger partial charge in [-0.05, 0) is 30.9 Å². The van der Waals surface area contributed by atoms with Crippen molar-refractivity contribution < 1.29 is 24.2 Å². The third kappa shape index (κ3) is 4.80. The van der Waals surface area contributed by atoms with E-state index in [1.165, 1.54) is 4.90 Å². The maximum absolute atomic E-state index is 13.8. The Morgan fingerprint density at radius 2 is 1.94 bits per heavy atom. The molecule has 1 aliphatic carbocycles. The van der Waals surface area contributed by atoms with E-state index in [1.807, 2.05) is 32.9 Å². The molecule has 0 bridgehead atoms. The lowest BCUT2D eigenvalue weighted by atomic mass is 9.70. The lowest BCUT2D eigenvalue weighted by Crippen LogP contribution is -2.52. The first-order valence-electron chi connectivity index (χ1n) is 11.6. The van der Waals surface area contributed by atoms with Gasteiger partial charge in [-0.25, -0.2) is 0 Å². The Labute approximate surface area is 200 Å². The summed E-state index contributed by atoms with van der Waals surface area (Å²) in [5.74, 6) is -3.33. The number of para-hydroxylation sites is 1. The zero-order valence-corrected chi connectivity index (χ0v) is 20.3. The van der Waals surface area contributed by atoms with E-state index >= 15 is 0 Å². The van der Waals surface area contributed by atoms with Crippen molar-refractivity contribution in [3.05, 3.63) is 41.4 Å². The van der Waals surface area contributed by atoms with Crippen molar-refractivity contribution >= 4 is 35.1 Å². The maximum atomic E-state index is 13.8. The Kier molecular flexibility index (Phi) is 8.19. The van der Waals surface area contributed by atoms with Crippen LogP contribution < -0.4 is 5.32 Å². The fourth-order valence-corrected chi connectivity index (χ4v) is 5.26. The summed E-state index contributed by atoms with van der Waals surface area (Å²) >= 11 is 6.25. The molecule has 0 unspecified atom stereocenters. The Morgan fingerprint density at radius 1 is 1.24 bits per heavy atom. The van der Waals surface area contributed by atoms with Crippen LogP contribution in [0.15, 0.2) is 36.4 Å². The molecule has 1 aliphatic heterocycles. The van der Waals surface area contributed by atoms with Gasteiger partial charge in [0.1, 0.15) is 6.04 Å². The number of allylic oxidation sites excluding steroid dienone is 1. The first-order valence-corrected chi connectivity index (χ1v) is 12.0. The molecule has 1 heterocycles. The smallest absolute Gasteiger partial charge is 0.310 e. The summed E-state index contributed by atoms with van der Waals surface area (Å²) in [6, 6.07) is 5.45. The van der Waals surface area contributed by atoms with E-state index in [4.69, 9.17) is 16.3 Å². The SMILES string of the molecule is CCOC(=O)[C@H]1[C@@H]2C(=O)N([C@@H](CO)[C@@H](C)CC)[C@H](C(=O)Nc3ccccc3Cl)[C@H]2C=C[C@H]1C. The van der Waals surface area contributed by atoms with E-state index in [9.17, 15) is 19.5 Å². The number of fused-ring (bicyclic) bond motifs is 1. The van der Waals surface area contributed by atoms with Crippen LogP contribution in [0.4, 0.5) is 5.69 Å². The first-order chi connectivity index (χ1) is 15.8. The lowest BCUT2D eigenvalue weighted by molar-refractivity contribution is -0.156. The van der Waals surface area contributed by atoms with Gasteiger partial charge in [0.2, 0.25) is 11.8 Å². The molecule has 0 spiro atoms. The lowest BCUT2D eigenvalue weighted by Gasteiger charge is -2.36. The van der Waals surface area contributed by atoms with Gasteiger partial charge in [-0.15, -0.1) is 0 Å². The number of halogens is 1. The van der Waals surface area contributed by atoms with Crippen molar-refractivity contribution in [2.24, 2.45) is 29.6 Å². The first kappa shape index (κ1) is 25.2. The minimum atomic E-state index is -0.884. The summed E-state index contributed by atoms with van der Waals surface area (Å²) in [7, 11) is 0. The minimum Gasteiger partial charge on any atom is -0.466 e. The van der Waals surface area contributed by atoms with Crippen molar-refractivity contribution in [1.29, 1.82) is 0 Å². The predicted octanol–water partition coefficient (Wildman–Crippen LogP) is 3.51. The molecule has 1 saturated heterocycles. The molecule has 0 radical (unpaired) electrons. The van der Waals surface area contributed by atoms with Crippen molar-refractivity contribution in [2.75, 3.05) is 18.5 Å². The van der Waals surface area contributed by atoms with Crippen LogP contribution >= 0.6 is 11.6 Å². The Balaban J connectivity index is 2.05. The summed E-state index contributed by atoms with van der Waals surface area (Å²) in [5.41, 5.74) is 0.444. The average molecular weight is 477 g/mol. The standard InChI is InChI=1S/C25H33ClN2O5/c1-5-14(3)19(13-29)28-22(23(30)27-18-10-8-7-9-17(18)26)16-12-11-15(4)20(21(16)24(28)31)25(32)33-6-2/h7-12,14-16,19-22,29H,5-6,13H2,1-4H3,(H,27,30)/t14-,15+,16-,19-,20+,21+,22-/m0/s1. The number of ether oxygens (including phenoxy) is 1. The molecule has 1 aromatic carbocycles. The number of rotatable bonds is 8. The highest BCUT2D eigenvalue weighted by atomic mass is 35.5. The molecular formula is C25H33ClN2O5. The molecule has 33 heavy (non-hydrogen) atoms. The number of nitrogens with one attached hydrogen (secondary N) is 1. The fraction of sp³-hybridized carbons (Fsp3) is 0.560. The molecule has 1 aromatic rings. The fourth-order valence-electron chi connectivity index (χ4n) is 5.08. The number of hydrogen-bond donors (Lipinski definition) is 2. The van der Waals surface area contributed by atoms with Gasteiger partial charge in [-0.3, -0.25) is 14.4 Å². The molecule has 7 atom stereocenters. The number of nitrogens with zero attached hydrogens (tertiary/aromatic N) is 1. The summed E-state index contributed by atoms with van der Waals surface area (Å²) in [6.07, 6.45) is 4.47. The van der Waals surface area contributed by atoms with Gasteiger partial charge in [-0.1, -0.05) is 63.1 Å². The number of likely N-dealkylation sites (tertiary alicyclic amines) is 1. The molecular weight excluding hydrogens is 444 g/mol. The van der Waals surface area contributed by atoms with Gasteiger partial charge in [0.25, 0.3) is 0 Å². The molecule has 0 aromatic heterocycles. The average Bonchev–Trinajstić information content (AvgIpc) is 3.08.